The summed E-state index contributed by atoms with van der Waals surface area (Å²) in [6.07, 6.45) is 4.81. The van der Waals surface area contributed by atoms with Gasteiger partial charge in [-0.1, -0.05) is 0 Å². The fourth-order valence-corrected chi connectivity index (χ4v) is 7.44. The molecule has 14 heteroatoms. The Morgan fingerprint density at radius 2 is 1.86 bits per heavy atom. The second-order valence-corrected chi connectivity index (χ2v) is 14.2. The van der Waals surface area contributed by atoms with E-state index in [2.05, 4.69) is 26.8 Å². The number of carbonyl (C=O) groups excluding carboxylic acids is 2. The molecule has 2 atom stereocenters. The van der Waals surface area contributed by atoms with E-state index in [0.717, 1.165) is 30.5 Å². The molecule has 12 nitrogen and oxygen atoms in total. The Labute approximate surface area is 286 Å². The first-order chi connectivity index (χ1) is 23.7. The van der Waals surface area contributed by atoms with E-state index in [4.69, 9.17) is 14.5 Å². The van der Waals surface area contributed by atoms with Crippen molar-refractivity contribution in [1.82, 2.24) is 24.4 Å². The lowest BCUT2D eigenvalue weighted by molar-refractivity contribution is 0.0522. The number of aromatic nitrogens is 4. The van der Waals surface area contributed by atoms with E-state index < -0.39 is 34.7 Å². The summed E-state index contributed by atoms with van der Waals surface area (Å²) in [5.41, 5.74) is 1.12. The predicted octanol–water partition coefficient (Wildman–Crippen LogP) is 5.60. The molecule has 0 unspecified atom stereocenters. The highest BCUT2D eigenvalue weighted by molar-refractivity contribution is 6.19. The zero-order chi connectivity index (χ0) is 35.8. The molecule has 0 saturated carbocycles. The van der Waals surface area contributed by atoms with Crippen LogP contribution < -0.4 is 15.2 Å². The van der Waals surface area contributed by atoms with Crippen molar-refractivity contribution in [3.63, 3.8) is 0 Å². The van der Waals surface area contributed by atoms with Crippen molar-refractivity contribution in [2.24, 2.45) is 13.0 Å². The summed E-state index contributed by atoms with van der Waals surface area (Å²) in [5.74, 6) is -2.61. The molecule has 1 N–H and O–H groups in total. The molecule has 2 saturated heterocycles. The maximum Gasteiger partial charge on any atom is 0.414 e. The minimum Gasteiger partial charge on any atom is -0.462 e. The smallest absolute Gasteiger partial charge is 0.414 e. The van der Waals surface area contributed by atoms with Gasteiger partial charge in [0.05, 0.1) is 39.7 Å². The van der Waals surface area contributed by atoms with Gasteiger partial charge in [0.15, 0.2) is 11.6 Å². The number of ether oxygens (including phenoxy) is 2. The Bertz CT molecular complexity index is 2280. The van der Waals surface area contributed by atoms with E-state index in [1.165, 1.54) is 13.2 Å². The quantitative estimate of drug-likeness (QED) is 0.235. The second-order valence-electron chi connectivity index (χ2n) is 14.2. The van der Waals surface area contributed by atoms with Crippen LogP contribution in [0.5, 0.6) is 0 Å². The number of hydrogen-bond donors (Lipinski definition) is 1. The number of likely N-dealkylation sites (tertiary alicyclic amines) is 1. The lowest BCUT2D eigenvalue weighted by Gasteiger charge is -2.29. The summed E-state index contributed by atoms with van der Waals surface area (Å²) in [4.78, 5) is 57.6. The monoisotopic (exact) mass is 687 g/mol. The Balaban J connectivity index is 1.51. The zero-order valence-electron chi connectivity index (χ0n) is 29.1. The van der Waals surface area contributed by atoms with E-state index in [0.29, 0.717) is 46.0 Å². The van der Waals surface area contributed by atoms with Crippen molar-refractivity contribution in [1.29, 1.82) is 0 Å². The average molecular weight is 688 g/mol. The van der Waals surface area contributed by atoms with E-state index >= 15 is 8.78 Å². The molecule has 1 aromatic carbocycles. The highest BCUT2D eigenvalue weighted by Gasteiger charge is 2.42. The Morgan fingerprint density at radius 1 is 1.10 bits per heavy atom. The standard InChI is InChI=1S/C36H39F2N7O5/c1-8-49-34(47)22-16-43(6)33-20(31(22)46)11-19(13-40-33)21-14-39-32-27(30(21)45-10-9-18-15-42(5)17-25(18)45)26-28(38)23(37)12-24(29(26)41-32)44(7)35(48)50-36(2,3)4/h11-14,16,18,25H,8-10,15,17H2,1-7H3,(H,39,41)/t18-,25+/m1/s1. The van der Waals surface area contributed by atoms with E-state index in [1.54, 1.807) is 57.8 Å². The maximum absolute atomic E-state index is 16.2. The zero-order valence-corrected chi connectivity index (χ0v) is 29.1. The molecule has 262 valence electrons. The first-order valence-electron chi connectivity index (χ1n) is 16.6. The van der Waals surface area contributed by atoms with Crippen LogP contribution >= 0.6 is 0 Å². The van der Waals surface area contributed by atoms with Crippen molar-refractivity contribution in [3.8, 4) is 11.1 Å². The maximum atomic E-state index is 16.2. The number of anilines is 2. The number of fused-ring (bicyclic) bond motifs is 5. The van der Waals surface area contributed by atoms with E-state index in [9.17, 15) is 14.4 Å². The number of H-pyrrole nitrogens is 1. The molecule has 0 radical (unpaired) electrons. The largest absolute Gasteiger partial charge is 0.462 e. The highest BCUT2D eigenvalue weighted by Crippen LogP contribution is 2.47. The molecule has 2 aliphatic heterocycles. The van der Waals surface area contributed by atoms with Crippen LogP contribution in [0.2, 0.25) is 0 Å². The van der Waals surface area contributed by atoms with Gasteiger partial charge in [-0.25, -0.2) is 28.3 Å². The Morgan fingerprint density at radius 3 is 2.58 bits per heavy atom. The van der Waals surface area contributed by atoms with Gasteiger partial charge < -0.3 is 28.8 Å². The normalized spacial score (nSPS) is 18.0. The first-order valence-corrected chi connectivity index (χ1v) is 16.6. The molecule has 7 rings (SSSR count). The molecule has 0 spiro atoms. The molecular formula is C36H39F2N7O5. The molecule has 2 fully saturated rings. The van der Waals surface area contributed by atoms with Gasteiger partial charge in [0, 0.05) is 75.6 Å². The van der Waals surface area contributed by atoms with Gasteiger partial charge in [-0.05, 0) is 53.1 Å². The Kier molecular flexibility index (Phi) is 8.04. The molecule has 4 aromatic heterocycles. The lowest BCUT2D eigenvalue weighted by atomic mass is 9.99. The summed E-state index contributed by atoms with van der Waals surface area (Å²) < 4.78 is 44.1. The summed E-state index contributed by atoms with van der Waals surface area (Å²) in [6.45, 7) is 9.25. The topological polar surface area (TPSA) is 126 Å². The number of carbonyl (C=O) groups is 2. The number of nitrogens with one attached hydrogen (secondary N) is 1. The molecule has 2 aliphatic rings. The fraction of sp³-hybridized carbons (Fsp3) is 0.417. The molecule has 5 aromatic rings. The third kappa shape index (κ3) is 5.42. The number of halogens is 2. The third-order valence-electron chi connectivity index (χ3n) is 9.61. The third-order valence-corrected chi connectivity index (χ3v) is 9.61. The number of likely N-dealkylation sites (N-methyl/N-ethyl adjacent to an activating group) is 1. The van der Waals surface area contributed by atoms with Crippen LogP contribution in [-0.2, 0) is 16.5 Å². The van der Waals surface area contributed by atoms with Crippen molar-refractivity contribution in [2.75, 3.05) is 50.1 Å². The van der Waals surface area contributed by atoms with Gasteiger partial charge in [-0.3, -0.25) is 9.69 Å². The van der Waals surface area contributed by atoms with Crippen molar-refractivity contribution >= 4 is 56.4 Å². The number of aromatic amines is 1. The molecule has 0 aliphatic carbocycles. The van der Waals surface area contributed by atoms with Crippen LogP contribution in [-0.4, -0.2) is 88.5 Å². The van der Waals surface area contributed by atoms with Gasteiger partial charge in [0.1, 0.15) is 22.5 Å². The predicted molar refractivity (Wildman–Crippen MR) is 187 cm³/mol. The minimum atomic E-state index is -1.14. The van der Waals surface area contributed by atoms with Gasteiger partial charge in [-0.15, -0.1) is 0 Å². The van der Waals surface area contributed by atoms with Crippen LogP contribution in [0.3, 0.4) is 0 Å². The summed E-state index contributed by atoms with van der Waals surface area (Å²) >= 11 is 0. The van der Waals surface area contributed by atoms with Crippen molar-refractivity contribution in [3.05, 3.63) is 58.1 Å². The summed E-state index contributed by atoms with van der Waals surface area (Å²) in [5, 5.41) is 0.481. The van der Waals surface area contributed by atoms with Crippen LogP contribution in [0, 0.1) is 17.6 Å². The van der Waals surface area contributed by atoms with Crippen molar-refractivity contribution < 1.29 is 27.8 Å². The van der Waals surface area contributed by atoms with Crippen LogP contribution in [0.15, 0.2) is 35.5 Å². The molecule has 50 heavy (non-hydrogen) atoms. The minimum absolute atomic E-state index is 0.0566. The SMILES string of the molecule is CCOC(=O)c1cn(C)c2ncc(-c3cnc4[nH]c5c(N(C)C(=O)OC(C)(C)C)cc(F)c(F)c5c4c3N3CC[C@@H]4CN(C)C[C@@H]43)cc2c1=O. The molecular weight excluding hydrogens is 648 g/mol. The number of hydrogen-bond acceptors (Lipinski definition) is 9. The van der Waals surface area contributed by atoms with E-state index in [-0.39, 0.29) is 40.2 Å². The van der Waals surface area contributed by atoms with E-state index in [1.807, 2.05) is 0 Å². The Hall–Kier alpha value is -5.11. The lowest BCUT2D eigenvalue weighted by Crippen LogP contribution is -2.35. The number of pyridine rings is 3. The van der Waals surface area contributed by atoms with Gasteiger partial charge in [0.2, 0.25) is 5.43 Å². The second kappa shape index (κ2) is 12.0. The summed E-state index contributed by atoms with van der Waals surface area (Å²) in [6, 6.07) is 2.70. The molecule has 1 amide bonds. The number of aryl methyl sites for hydroxylation is 1. The van der Waals surface area contributed by atoms with Gasteiger partial charge in [-0.2, -0.15) is 0 Å². The summed E-state index contributed by atoms with van der Waals surface area (Å²) in [7, 11) is 5.19. The molecule has 6 heterocycles. The number of rotatable bonds is 5. The number of nitrogens with zero attached hydrogens (tertiary/aromatic N) is 6. The first kappa shape index (κ1) is 33.4. The number of esters is 1. The highest BCUT2D eigenvalue weighted by atomic mass is 19.2. The number of amides is 1. The van der Waals surface area contributed by atoms with Gasteiger partial charge in [0.25, 0.3) is 0 Å². The fourth-order valence-electron chi connectivity index (χ4n) is 7.44. The van der Waals surface area contributed by atoms with Crippen LogP contribution in [0.4, 0.5) is 25.0 Å². The van der Waals surface area contributed by atoms with Crippen molar-refractivity contribution in [2.45, 2.75) is 45.8 Å². The average Bonchev–Trinajstić information content (AvgIpc) is 3.75. The van der Waals surface area contributed by atoms with Crippen LogP contribution in [0.1, 0.15) is 44.5 Å². The molecule has 0 bridgehead atoms. The van der Waals surface area contributed by atoms with Gasteiger partial charge >= 0.3 is 12.1 Å². The number of benzene rings is 1. The van der Waals surface area contributed by atoms with Crippen LogP contribution in [0.25, 0.3) is 44.1 Å².